The third-order valence-electron chi connectivity index (χ3n) is 3.59. The van der Waals surface area contributed by atoms with E-state index in [9.17, 15) is 9.59 Å². The van der Waals surface area contributed by atoms with Crippen LogP contribution in [0.2, 0.25) is 0 Å². The monoisotopic (exact) mass is 300 g/mol. The van der Waals surface area contributed by atoms with Crippen LogP contribution in [-0.4, -0.2) is 40.4 Å². The molecule has 1 rings (SSSR count). The van der Waals surface area contributed by atoms with Crippen LogP contribution >= 0.6 is 0 Å². The molecule has 1 amide bonds. The summed E-state index contributed by atoms with van der Waals surface area (Å²) in [6.45, 7) is 8.27. The number of amides is 1. The third kappa shape index (κ3) is 6.33. The van der Waals surface area contributed by atoms with Gasteiger partial charge in [-0.15, -0.1) is 0 Å². The molecule has 0 radical (unpaired) electrons. The lowest BCUT2D eigenvalue weighted by atomic mass is 9.86. The van der Waals surface area contributed by atoms with E-state index in [-0.39, 0.29) is 12.0 Å². The fourth-order valence-corrected chi connectivity index (χ4v) is 2.62. The van der Waals surface area contributed by atoms with Gasteiger partial charge in [0.15, 0.2) is 0 Å². The van der Waals surface area contributed by atoms with Crippen molar-refractivity contribution in [2.45, 2.75) is 71.4 Å². The van der Waals surface area contributed by atoms with E-state index < -0.39 is 17.7 Å². The number of rotatable bonds is 5. The highest BCUT2D eigenvalue weighted by Gasteiger charge is 2.30. The van der Waals surface area contributed by atoms with Crippen molar-refractivity contribution in [2.75, 3.05) is 6.54 Å². The van der Waals surface area contributed by atoms with Gasteiger partial charge in [-0.2, -0.15) is 0 Å². The number of carboxylic acid groups (broad SMARTS) is 1. The first-order chi connectivity index (χ1) is 9.73. The summed E-state index contributed by atoms with van der Waals surface area (Å²) in [4.78, 5) is 22.9. The van der Waals surface area contributed by atoms with Crippen molar-refractivity contribution in [3.05, 3.63) is 0 Å². The van der Waals surface area contributed by atoms with Crippen molar-refractivity contribution in [3.63, 3.8) is 0 Å². The van der Waals surface area contributed by atoms with E-state index >= 15 is 0 Å². The average molecular weight is 300 g/mol. The van der Waals surface area contributed by atoms with Gasteiger partial charge >= 0.3 is 12.1 Å². The number of nitrogens with zero attached hydrogens (tertiary/aromatic N) is 1. The summed E-state index contributed by atoms with van der Waals surface area (Å²) >= 11 is 0. The summed E-state index contributed by atoms with van der Waals surface area (Å²) in [5.41, 5.74) is 2.29. The number of aliphatic carboxylic acids is 1. The zero-order valence-corrected chi connectivity index (χ0v) is 13.5. The maximum atomic E-state index is 11.9. The third-order valence-corrected chi connectivity index (χ3v) is 3.59. The molecule has 1 aliphatic rings. The van der Waals surface area contributed by atoms with Gasteiger partial charge < -0.3 is 9.84 Å². The molecule has 0 spiro atoms. The minimum absolute atomic E-state index is 0.188. The Bertz CT molecular complexity index is 357. The lowest BCUT2D eigenvalue weighted by Gasteiger charge is -2.36. The Kier molecular flexibility index (Phi) is 6.45. The molecule has 0 aromatic carbocycles. The van der Waals surface area contributed by atoms with Gasteiger partial charge in [-0.1, -0.05) is 6.92 Å². The Hall–Kier alpha value is -1.30. The van der Waals surface area contributed by atoms with Crippen LogP contribution in [-0.2, 0) is 9.53 Å². The van der Waals surface area contributed by atoms with Crippen LogP contribution in [0, 0.1) is 5.92 Å². The van der Waals surface area contributed by atoms with Crippen molar-refractivity contribution in [1.29, 1.82) is 0 Å². The van der Waals surface area contributed by atoms with E-state index in [4.69, 9.17) is 9.84 Å². The number of hydrogen-bond acceptors (Lipinski definition) is 4. The smallest absolute Gasteiger partial charge is 0.422 e. The van der Waals surface area contributed by atoms with Crippen LogP contribution < -0.4 is 5.43 Å². The summed E-state index contributed by atoms with van der Waals surface area (Å²) in [5, 5.41) is 10.9. The molecule has 0 atom stereocenters. The number of ether oxygens (including phenoxy) is 1. The summed E-state index contributed by atoms with van der Waals surface area (Å²) in [6.07, 6.45) is 3.36. The van der Waals surface area contributed by atoms with Crippen molar-refractivity contribution in [1.82, 2.24) is 10.4 Å². The molecule has 0 aromatic heterocycles. The highest BCUT2D eigenvalue weighted by Crippen LogP contribution is 2.27. The standard InChI is InChI=1S/C15H28N2O4/c1-5-10-17(16-14(20)21-15(2,3)4)12-8-6-11(7-9-12)13(18)19/h11-12H,5-10H2,1-4H3,(H,16,20)(H,18,19)/t11-,12-. The van der Waals surface area contributed by atoms with Gasteiger partial charge in [0.05, 0.1) is 5.92 Å². The molecule has 122 valence electrons. The maximum Gasteiger partial charge on any atom is 0.422 e. The maximum absolute atomic E-state index is 11.9. The Labute approximate surface area is 126 Å². The molecule has 1 fully saturated rings. The number of carbonyl (C=O) groups excluding carboxylic acids is 1. The largest absolute Gasteiger partial charge is 0.481 e. The predicted octanol–water partition coefficient (Wildman–Crippen LogP) is 2.78. The molecule has 0 heterocycles. The quantitative estimate of drug-likeness (QED) is 0.763. The minimum atomic E-state index is -0.712. The van der Waals surface area contributed by atoms with Gasteiger partial charge in [0.2, 0.25) is 0 Å². The summed E-state index contributed by atoms with van der Waals surface area (Å²) < 4.78 is 5.28. The van der Waals surface area contributed by atoms with Gasteiger partial charge in [-0.25, -0.2) is 9.80 Å². The number of carboxylic acids is 1. The van der Waals surface area contributed by atoms with Crippen LogP contribution in [0.15, 0.2) is 0 Å². The van der Waals surface area contributed by atoms with E-state index in [1.807, 2.05) is 32.7 Å². The van der Waals surface area contributed by atoms with Gasteiger partial charge in [0.1, 0.15) is 5.60 Å². The van der Waals surface area contributed by atoms with Crippen molar-refractivity contribution in [2.24, 2.45) is 5.92 Å². The fraction of sp³-hybridized carbons (Fsp3) is 0.867. The van der Waals surface area contributed by atoms with Crippen LogP contribution in [0.4, 0.5) is 4.79 Å². The summed E-state index contributed by atoms with van der Waals surface area (Å²) in [7, 11) is 0. The van der Waals surface area contributed by atoms with E-state index in [1.165, 1.54) is 0 Å². The second kappa shape index (κ2) is 7.64. The lowest BCUT2D eigenvalue weighted by Crippen LogP contribution is -2.51. The van der Waals surface area contributed by atoms with Gasteiger partial charge in [0.25, 0.3) is 0 Å². The number of hydrazine groups is 1. The number of hydrogen-bond donors (Lipinski definition) is 2. The minimum Gasteiger partial charge on any atom is -0.481 e. The Balaban J connectivity index is 2.54. The molecule has 0 bridgehead atoms. The normalized spacial score (nSPS) is 22.9. The van der Waals surface area contributed by atoms with E-state index in [0.717, 1.165) is 25.8 Å². The van der Waals surface area contributed by atoms with Crippen LogP contribution in [0.1, 0.15) is 59.8 Å². The first-order valence-corrected chi connectivity index (χ1v) is 7.72. The summed E-state index contributed by atoms with van der Waals surface area (Å²) in [5.74, 6) is -0.957. The molecule has 0 saturated heterocycles. The van der Waals surface area contributed by atoms with Crippen LogP contribution in [0.3, 0.4) is 0 Å². The van der Waals surface area contributed by atoms with Crippen LogP contribution in [0.5, 0.6) is 0 Å². The van der Waals surface area contributed by atoms with Crippen molar-refractivity contribution >= 4 is 12.1 Å². The molecular weight excluding hydrogens is 272 g/mol. The highest BCUT2D eigenvalue weighted by molar-refractivity contribution is 5.70. The number of nitrogens with one attached hydrogen (secondary N) is 1. The molecule has 0 unspecified atom stereocenters. The van der Waals surface area contributed by atoms with Gasteiger partial charge in [0, 0.05) is 12.6 Å². The van der Waals surface area contributed by atoms with Crippen molar-refractivity contribution in [3.8, 4) is 0 Å². The second-order valence-corrected chi connectivity index (χ2v) is 6.65. The molecule has 21 heavy (non-hydrogen) atoms. The van der Waals surface area contributed by atoms with Gasteiger partial charge in [-0.3, -0.25) is 10.2 Å². The first-order valence-electron chi connectivity index (χ1n) is 7.72. The second-order valence-electron chi connectivity index (χ2n) is 6.65. The van der Waals surface area contributed by atoms with E-state index in [0.29, 0.717) is 12.8 Å². The molecule has 6 heteroatoms. The van der Waals surface area contributed by atoms with E-state index in [2.05, 4.69) is 5.43 Å². The fourth-order valence-electron chi connectivity index (χ4n) is 2.62. The molecule has 0 aliphatic heterocycles. The Morgan fingerprint density at radius 2 is 1.81 bits per heavy atom. The Morgan fingerprint density at radius 1 is 1.24 bits per heavy atom. The molecule has 1 saturated carbocycles. The first kappa shape index (κ1) is 17.8. The lowest BCUT2D eigenvalue weighted by molar-refractivity contribution is -0.143. The van der Waals surface area contributed by atoms with Crippen molar-refractivity contribution < 1.29 is 19.4 Å². The topological polar surface area (TPSA) is 78.9 Å². The predicted molar refractivity (Wildman–Crippen MR) is 79.7 cm³/mol. The van der Waals surface area contributed by atoms with E-state index in [1.54, 1.807) is 0 Å². The zero-order chi connectivity index (χ0) is 16.0. The Morgan fingerprint density at radius 3 is 2.24 bits per heavy atom. The molecule has 6 nitrogen and oxygen atoms in total. The molecule has 0 aromatic rings. The SMILES string of the molecule is CCCN(NC(=O)OC(C)(C)C)[C@H]1CC[C@H](C(=O)O)CC1. The molecule has 2 N–H and O–H groups in total. The molecule has 1 aliphatic carbocycles. The molecular formula is C15H28N2O4. The van der Waals surface area contributed by atoms with Crippen LogP contribution in [0.25, 0.3) is 0 Å². The number of carbonyl (C=O) groups is 2. The van der Waals surface area contributed by atoms with Gasteiger partial charge in [-0.05, 0) is 52.9 Å². The zero-order valence-electron chi connectivity index (χ0n) is 13.5. The summed E-state index contributed by atoms with van der Waals surface area (Å²) in [6, 6.07) is 0.188. The highest BCUT2D eigenvalue weighted by atomic mass is 16.6. The average Bonchev–Trinajstić information content (AvgIpc) is 2.36.